The highest BCUT2D eigenvalue weighted by molar-refractivity contribution is 5.62. The van der Waals surface area contributed by atoms with Crippen LogP contribution in [0.1, 0.15) is 46.5 Å². The highest BCUT2D eigenvalue weighted by Crippen LogP contribution is 2.33. The van der Waals surface area contributed by atoms with Crippen LogP contribution in [0.2, 0.25) is 0 Å². The molecule has 2 saturated carbocycles. The highest BCUT2D eigenvalue weighted by Gasteiger charge is 2.51. The van der Waals surface area contributed by atoms with E-state index in [1.807, 2.05) is 14.0 Å². The Balaban J connectivity index is 0.00000118. The average Bonchev–Trinajstić information content (AvgIpc) is 2.82. The molecule has 0 aromatic carbocycles. The van der Waals surface area contributed by atoms with Gasteiger partial charge in [-0.15, -0.1) is 0 Å². The number of likely N-dealkylation sites (N-methyl/N-ethyl adjacent to an activating group) is 2. The molecule has 0 bridgehead atoms. The van der Waals surface area contributed by atoms with Crippen molar-refractivity contribution in [2.75, 3.05) is 33.8 Å². The number of carboxylic acids is 1. The zero-order valence-corrected chi connectivity index (χ0v) is 23.4. The molecule has 0 spiro atoms. The maximum absolute atomic E-state index is 11.4. The second kappa shape index (κ2) is 15.1. The van der Waals surface area contributed by atoms with Crippen molar-refractivity contribution in [3.8, 4) is 0 Å². The van der Waals surface area contributed by atoms with Gasteiger partial charge in [-0.3, -0.25) is 4.79 Å². The van der Waals surface area contributed by atoms with Crippen molar-refractivity contribution in [2.24, 2.45) is 17.4 Å². The van der Waals surface area contributed by atoms with Crippen molar-refractivity contribution in [3.05, 3.63) is 0 Å². The maximum atomic E-state index is 11.4. The van der Waals surface area contributed by atoms with Crippen molar-refractivity contribution >= 4 is 5.97 Å². The summed E-state index contributed by atoms with van der Waals surface area (Å²) in [6.45, 7) is 6.20. The minimum absolute atomic E-state index is 0.0157. The zero-order valence-electron chi connectivity index (χ0n) is 23.4. The summed E-state index contributed by atoms with van der Waals surface area (Å²) in [4.78, 5) is 9.00. The predicted octanol–water partition coefficient (Wildman–Crippen LogP) is -2.31. The quantitative estimate of drug-likeness (QED) is 0.148. The van der Waals surface area contributed by atoms with E-state index in [0.717, 1.165) is 32.7 Å². The Labute approximate surface area is 225 Å². The van der Waals surface area contributed by atoms with Crippen molar-refractivity contribution < 1.29 is 39.4 Å². The minimum Gasteiger partial charge on any atom is -0.481 e. The van der Waals surface area contributed by atoms with Crippen LogP contribution in [-0.2, 0) is 19.0 Å². The Morgan fingerprint density at radius 1 is 1.08 bits per heavy atom. The summed E-state index contributed by atoms with van der Waals surface area (Å²) < 4.78 is 18.3. The van der Waals surface area contributed by atoms with Gasteiger partial charge in [0.2, 0.25) is 0 Å². The molecule has 3 aliphatic rings. The largest absolute Gasteiger partial charge is 0.481 e. The van der Waals surface area contributed by atoms with Gasteiger partial charge < -0.3 is 62.1 Å². The Kier molecular flexibility index (Phi) is 13.2. The Hall–Kier alpha value is -0.970. The molecule has 1 heterocycles. The molecule has 13 heteroatoms. The second-order valence-electron chi connectivity index (χ2n) is 11.0. The predicted molar refractivity (Wildman–Crippen MR) is 141 cm³/mol. The normalized spacial score (nSPS) is 43.7. The summed E-state index contributed by atoms with van der Waals surface area (Å²) in [5, 5.41) is 49.7. The number of nitrogens with one attached hydrogen (secondary N) is 3. The van der Waals surface area contributed by atoms with E-state index < -0.39 is 54.4 Å². The van der Waals surface area contributed by atoms with Gasteiger partial charge in [0.25, 0.3) is 5.97 Å². The lowest BCUT2D eigenvalue weighted by atomic mass is 9.81. The van der Waals surface area contributed by atoms with E-state index in [1.54, 1.807) is 14.0 Å². The minimum atomic E-state index is -1.25. The van der Waals surface area contributed by atoms with Crippen molar-refractivity contribution in [1.82, 2.24) is 16.0 Å². The van der Waals surface area contributed by atoms with Crippen LogP contribution in [0.5, 0.6) is 0 Å². The van der Waals surface area contributed by atoms with Gasteiger partial charge in [0, 0.05) is 25.0 Å². The fourth-order valence-electron chi connectivity index (χ4n) is 5.85. The summed E-state index contributed by atoms with van der Waals surface area (Å²) in [7, 11) is 3.60. The zero-order chi connectivity index (χ0) is 28.6. The number of aliphatic carboxylic acids is 1. The third-order valence-corrected chi connectivity index (χ3v) is 7.69. The number of hydrogen-bond acceptors (Lipinski definition) is 12. The fraction of sp³-hybridized carbons (Fsp3) is 0.960. The average molecular weight is 550 g/mol. The van der Waals surface area contributed by atoms with Crippen LogP contribution in [0, 0.1) is 5.92 Å². The monoisotopic (exact) mass is 549 g/mol. The molecule has 0 amide bonds. The van der Waals surface area contributed by atoms with Crippen LogP contribution in [0.3, 0.4) is 0 Å². The Morgan fingerprint density at radius 2 is 1.74 bits per heavy atom. The first kappa shape index (κ1) is 33.2. The molecule has 0 aromatic rings. The molecule has 3 rings (SSSR count). The van der Waals surface area contributed by atoms with Gasteiger partial charge in [0.1, 0.15) is 30.0 Å². The lowest BCUT2D eigenvalue weighted by Gasteiger charge is -2.49. The maximum Gasteiger partial charge on any atom is 0.300 e. The molecule has 11 N–H and O–H groups in total. The van der Waals surface area contributed by atoms with Gasteiger partial charge in [0.15, 0.2) is 6.29 Å². The number of nitrogens with two attached hydrogens (primary N) is 2. The van der Waals surface area contributed by atoms with Gasteiger partial charge in [-0.2, -0.15) is 0 Å². The van der Waals surface area contributed by atoms with Crippen LogP contribution < -0.4 is 27.4 Å². The van der Waals surface area contributed by atoms with E-state index in [2.05, 4.69) is 16.0 Å². The molecular weight excluding hydrogens is 498 g/mol. The number of aliphatic hydroxyl groups excluding tert-OH is 2. The molecule has 12 atom stereocenters. The van der Waals surface area contributed by atoms with E-state index in [4.69, 9.17) is 35.6 Å². The molecule has 1 saturated heterocycles. The molecule has 0 unspecified atom stereocenters. The first-order valence-corrected chi connectivity index (χ1v) is 13.6. The lowest BCUT2D eigenvalue weighted by molar-refractivity contribution is -0.300. The molecular formula is C25H51N5O8. The van der Waals surface area contributed by atoms with Gasteiger partial charge in [0.05, 0.1) is 18.8 Å². The van der Waals surface area contributed by atoms with Crippen LogP contribution in [-0.4, -0.2) is 127 Å². The summed E-state index contributed by atoms with van der Waals surface area (Å²) >= 11 is 0. The van der Waals surface area contributed by atoms with Crippen LogP contribution in [0.25, 0.3) is 0 Å². The van der Waals surface area contributed by atoms with Crippen molar-refractivity contribution in [3.63, 3.8) is 0 Å². The number of carboxylic acid groups (broad SMARTS) is 1. The summed E-state index contributed by atoms with van der Waals surface area (Å²) in [6.07, 6.45) is -1.54. The van der Waals surface area contributed by atoms with Gasteiger partial charge in [-0.1, -0.05) is 6.92 Å². The number of rotatable bonds is 9. The van der Waals surface area contributed by atoms with Gasteiger partial charge in [-0.05, 0) is 65.7 Å². The van der Waals surface area contributed by atoms with Crippen molar-refractivity contribution in [2.45, 2.75) is 113 Å². The van der Waals surface area contributed by atoms with E-state index in [1.165, 1.54) is 0 Å². The van der Waals surface area contributed by atoms with Crippen LogP contribution in [0.15, 0.2) is 0 Å². The van der Waals surface area contributed by atoms with Crippen LogP contribution >= 0.6 is 0 Å². The number of ether oxygens (including phenoxy) is 3. The van der Waals surface area contributed by atoms with E-state index >= 15 is 0 Å². The van der Waals surface area contributed by atoms with E-state index in [9.17, 15) is 15.3 Å². The van der Waals surface area contributed by atoms with E-state index in [-0.39, 0.29) is 24.8 Å². The second-order valence-corrected chi connectivity index (χ2v) is 11.0. The fourth-order valence-corrected chi connectivity index (χ4v) is 5.85. The topological polar surface area (TPSA) is 214 Å². The molecule has 0 radical (unpaired) electrons. The summed E-state index contributed by atoms with van der Waals surface area (Å²) in [5.41, 5.74) is 11.6. The lowest BCUT2D eigenvalue weighted by Crippen LogP contribution is -2.69. The molecule has 13 nitrogen and oxygen atoms in total. The molecule has 38 heavy (non-hydrogen) atoms. The van der Waals surface area contributed by atoms with E-state index in [0.29, 0.717) is 18.9 Å². The Morgan fingerprint density at radius 3 is 2.32 bits per heavy atom. The molecule has 224 valence electrons. The molecule has 3 fully saturated rings. The summed E-state index contributed by atoms with van der Waals surface area (Å²) in [6, 6.07) is -1.42. The standard InChI is InChI=1S/C23H47N5O6.C2H4O2/c1-5-28-15-9-14(25)19(33-16-8-12(10-26-3)6-7-13(16)24)17(29)20(15)34-22-18(30)21(27-4)23(2,31)11-32-22;1-2(3)4/h12-22,26-31H,5-11,24-25H2,1-4H3;1H3,(H,3,4)/t12-,13-,14+,15-,16+,17+,18+,19+,20+,21+,22+,23-;/m1./s1. The van der Waals surface area contributed by atoms with Gasteiger partial charge >= 0.3 is 0 Å². The third-order valence-electron chi connectivity index (χ3n) is 7.69. The Bertz CT molecular complexity index is 715. The summed E-state index contributed by atoms with van der Waals surface area (Å²) in [5.74, 6) is -0.370. The molecule has 1 aliphatic heterocycles. The number of carbonyl (C=O) groups is 1. The number of aliphatic hydroxyl groups is 3. The molecule has 2 aliphatic carbocycles. The highest BCUT2D eigenvalue weighted by atomic mass is 16.7. The number of hydrogen-bond donors (Lipinski definition) is 9. The smallest absolute Gasteiger partial charge is 0.300 e. The SMILES string of the molecule is CC(=O)O.CCN[C@@H]1C[C@H](N)[C@H](O[C@H]2C[C@H](CNC)CC[C@H]2N)[C@H](O)[C@H]1O[C@@H]1OC[C@@](C)(O)[C@@H](NC)[C@@H]1O. The first-order chi connectivity index (χ1) is 17.9. The molecule has 0 aromatic heterocycles. The van der Waals surface area contributed by atoms with Crippen molar-refractivity contribution in [1.29, 1.82) is 0 Å². The first-order valence-electron chi connectivity index (χ1n) is 13.6. The van der Waals surface area contributed by atoms with Gasteiger partial charge in [-0.25, -0.2) is 0 Å². The van der Waals surface area contributed by atoms with Crippen LogP contribution in [0.4, 0.5) is 0 Å². The third kappa shape index (κ3) is 8.77.